The first-order valence-corrected chi connectivity index (χ1v) is 6.46. The van der Waals surface area contributed by atoms with Crippen molar-refractivity contribution >= 4 is 15.9 Å². The second kappa shape index (κ2) is 7.76. The number of rotatable bonds is 7. The monoisotopic (exact) mass is 286 g/mol. The molecule has 16 heavy (non-hydrogen) atoms. The van der Waals surface area contributed by atoms with Crippen molar-refractivity contribution in [1.82, 2.24) is 10.3 Å². The van der Waals surface area contributed by atoms with Crippen LogP contribution in [0.4, 0.5) is 0 Å². The third kappa shape index (κ3) is 5.05. The third-order valence-corrected chi connectivity index (χ3v) is 3.07. The predicted octanol–water partition coefficient (Wildman–Crippen LogP) is 2.34. The Balaban J connectivity index is 2.29. The number of pyridine rings is 1. The van der Waals surface area contributed by atoms with Gasteiger partial charge in [-0.05, 0) is 46.4 Å². The van der Waals surface area contributed by atoms with Gasteiger partial charge in [-0.1, -0.05) is 13.3 Å². The first kappa shape index (κ1) is 13.6. The zero-order valence-electron chi connectivity index (χ0n) is 9.62. The highest BCUT2D eigenvalue weighted by molar-refractivity contribution is 9.10. The van der Waals surface area contributed by atoms with Crippen molar-refractivity contribution < 1.29 is 5.11 Å². The van der Waals surface area contributed by atoms with E-state index in [0.29, 0.717) is 5.92 Å². The molecule has 0 amide bonds. The summed E-state index contributed by atoms with van der Waals surface area (Å²) in [7, 11) is 0. The molecule has 2 N–H and O–H groups in total. The van der Waals surface area contributed by atoms with Crippen molar-refractivity contribution in [2.24, 2.45) is 5.92 Å². The second-order valence-electron chi connectivity index (χ2n) is 3.93. The molecule has 1 heterocycles. The molecular weight excluding hydrogens is 268 g/mol. The van der Waals surface area contributed by atoms with E-state index in [1.807, 2.05) is 6.20 Å². The minimum atomic E-state index is 0.276. The van der Waals surface area contributed by atoms with Crippen LogP contribution in [-0.4, -0.2) is 23.2 Å². The Bertz CT molecular complexity index is 307. The van der Waals surface area contributed by atoms with Crippen LogP contribution in [0.3, 0.4) is 0 Å². The van der Waals surface area contributed by atoms with Crippen molar-refractivity contribution in [3.8, 4) is 0 Å². The van der Waals surface area contributed by atoms with Gasteiger partial charge in [0.1, 0.15) is 0 Å². The fourth-order valence-electron chi connectivity index (χ4n) is 1.61. The molecule has 0 aliphatic rings. The Morgan fingerprint density at radius 2 is 2.31 bits per heavy atom. The summed E-state index contributed by atoms with van der Waals surface area (Å²) in [4.78, 5) is 4.11. The Kier molecular flexibility index (Phi) is 6.61. The smallest absolute Gasteiger partial charge is 0.0434 e. The van der Waals surface area contributed by atoms with Crippen molar-refractivity contribution in [2.45, 2.75) is 26.3 Å². The van der Waals surface area contributed by atoms with E-state index in [1.165, 1.54) is 5.56 Å². The van der Waals surface area contributed by atoms with Crippen LogP contribution >= 0.6 is 15.9 Å². The Morgan fingerprint density at radius 1 is 1.50 bits per heavy atom. The Hall–Kier alpha value is -0.450. The van der Waals surface area contributed by atoms with Crippen LogP contribution < -0.4 is 5.32 Å². The molecule has 0 aliphatic heterocycles. The number of aliphatic hydroxyl groups is 1. The highest BCUT2D eigenvalue weighted by Crippen LogP contribution is 2.10. The maximum Gasteiger partial charge on any atom is 0.0434 e. The number of hydrogen-bond donors (Lipinski definition) is 2. The van der Waals surface area contributed by atoms with E-state index in [9.17, 15) is 0 Å². The first-order chi connectivity index (χ1) is 7.76. The van der Waals surface area contributed by atoms with Crippen molar-refractivity contribution in [3.05, 3.63) is 28.5 Å². The van der Waals surface area contributed by atoms with Crippen molar-refractivity contribution in [3.63, 3.8) is 0 Å². The zero-order valence-corrected chi connectivity index (χ0v) is 11.2. The average Bonchev–Trinajstić information content (AvgIpc) is 2.28. The lowest BCUT2D eigenvalue weighted by atomic mass is 10.0. The quantitative estimate of drug-likeness (QED) is 0.809. The number of hydrogen-bond acceptors (Lipinski definition) is 3. The van der Waals surface area contributed by atoms with Gasteiger partial charge < -0.3 is 10.4 Å². The topological polar surface area (TPSA) is 45.1 Å². The fourth-order valence-corrected chi connectivity index (χ4v) is 2.02. The van der Waals surface area contributed by atoms with Gasteiger partial charge in [-0.2, -0.15) is 0 Å². The normalized spacial score (nSPS) is 12.7. The SMILES string of the molecule is CCC(CCO)CNCc1cncc(Br)c1. The summed E-state index contributed by atoms with van der Waals surface area (Å²) < 4.78 is 1.01. The summed E-state index contributed by atoms with van der Waals surface area (Å²) in [6.07, 6.45) is 5.62. The van der Waals surface area contributed by atoms with Gasteiger partial charge in [0.25, 0.3) is 0 Å². The number of aromatic nitrogens is 1. The van der Waals surface area contributed by atoms with Crippen LogP contribution in [0.15, 0.2) is 22.9 Å². The van der Waals surface area contributed by atoms with Gasteiger partial charge in [0.2, 0.25) is 0 Å². The minimum Gasteiger partial charge on any atom is -0.396 e. The lowest BCUT2D eigenvalue weighted by molar-refractivity contribution is 0.251. The van der Waals surface area contributed by atoms with E-state index in [-0.39, 0.29) is 6.61 Å². The molecule has 0 spiro atoms. The molecule has 0 bridgehead atoms. The highest BCUT2D eigenvalue weighted by atomic mass is 79.9. The maximum absolute atomic E-state index is 8.88. The van der Waals surface area contributed by atoms with Crippen LogP contribution in [0.5, 0.6) is 0 Å². The summed E-state index contributed by atoms with van der Waals surface area (Å²) in [5.74, 6) is 0.560. The van der Waals surface area contributed by atoms with Gasteiger partial charge in [-0.25, -0.2) is 0 Å². The Labute approximate surface area is 105 Å². The molecule has 0 saturated heterocycles. The number of nitrogens with zero attached hydrogens (tertiary/aromatic N) is 1. The lowest BCUT2D eigenvalue weighted by Crippen LogP contribution is -2.22. The highest BCUT2D eigenvalue weighted by Gasteiger charge is 2.04. The van der Waals surface area contributed by atoms with E-state index in [0.717, 1.165) is 30.4 Å². The largest absolute Gasteiger partial charge is 0.396 e. The van der Waals surface area contributed by atoms with E-state index in [4.69, 9.17) is 5.11 Å². The van der Waals surface area contributed by atoms with Gasteiger partial charge >= 0.3 is 0 Å². The number of halogens is 1. The molecule has 1 rings (SSSR count). The minimum absolute atomic E-state index is 0.276. The molecular formula is C12H19BrN2O. The van der Waals surface area contributed by atoms with Gasteiger partial charge in [-0.15, -0.1) is 0 Å². The molecule has 1 aromatic heterocycles. The lowest BCUT2D eigenvalue weighted by Gasteiger charge is -2.14. The molecule has 3 nitrogen and oxygen atoms in total. The van der Waals surface area contributed by atoms with Gasteiger partial charge in [0.15, 0.2) is 0 Å². The van der Waals surface area contributed by atoms with E-state index >= 15 is 0 Å². The molecule has 1 unspecified atom stereocenters. The van der Waals surface area contributed by atoms with Crippen LogP contribution in [0.2, 0.25) is 0 Å². The summed E-state index contributed by atoms with van der Waals surface area (Å²) >= 11 is 3.40. The molecule has 0 aliphatic carbocycles. The van der Waals surface area contributed by atoms with Crippen molar-refractivity contribution in [2.75, 3.05) is 13.2 Å². The second-order valence-corrected chi connectivity index (χ2v) is 4.84. The molecule has 0 fully saturated rings. The van der Waals surface area contributed by atoms with E-state index < -0.39 is 0 Å². The maximum atomic E-state index is 8.88. The average molecular weight is 287 g/mol. The van der Waals surface area contributed by atoms with Crippen LogP contribution in [0.25, 0.3) is 0 Å². The van der Waals surface area contributed by atoms with Gasteiger partial charge in [0, 0.05) is 30.0 Å². The molecule has 4 heteroatoms. The summed E-state index contributed by atoms with van der Waals surface area (Å²) in [5.41, 5.74) is 1.17. The molecule has 0 aromatic carbocycles. The molecule has 1 atom stereocenters. The van der Waals surface area contributed by atoms with E-state index in [1.54, 1.807) is 6.20 Å². The van der Waals surface area contributed by atoms with Gasteiger partial charge in [-0.3, -0.25) is 4.98 Å². The van der Waals surface area contributed by atoms with Crippen molar-refractivity contribution in [1.29, 1.82) is 0 Å². The molecule has 0 radical (unpaired) electrons. The van der Waals surface area contributed by atoms with Crippen LogP contribution in [-0.2, 0) is 6.54 Å². The van der Waals surface area contributed by atoms with Gasteiger partial charge in [0.05, 0.1) is 0 Å². The molecule has 1 aromatic rings. The third-order valence-electron chi connectivity index (χ3n) is 2.64. The van der Waals surface area contributed by atoms with Crippen LogP contribution in [0.1, 0.15) is 25.3 Å². The summed E-state index contributed by atoms with van der Waals surface area (Å²) in [5, 5.41) is 12.3. The standard InChI is InChI=1S/C12H19BrN2O/c1-2-10(3-4-16)6-14-7-11-5-12(13)9-15-8-11/h5,8-10,14,16H,2-4,6-7H2,1H3. The first-order valence-electron chi connectivity index (χ1n) is 5.67. The summed E-state index contributed by atoms with van der Waals surface area (Å²) in [6, 6.07) is 2.06. The van der Waals surface area contributed by atoms with Crippen LogP contribution in [0, 0.1) is 5.92 Å². The predicted molar refractivity (Wildman–Crippen MR) is 69.1 cm³/mol. The summed E-state index contributed by atoms with van der Waals surface area (Å²) in [6.45, 7) is 4.21. The number of nitrogens with one attached hydrogen (secondary N) is 1. The molecule has 0 saturated carbocycles. The Morgan fingerprint density at radius 3 is 2.94 bits per heavy atom. The number of aliphatic hydroxyl groups excluding tert-OH is 1. The zero-order chi connectivity index (χ0) is 11.8. The molecule has 90 valence electrons. The fraction of sp³-hybridized carbons (Fsp3) is 0.583. The van der Waals surface area contributed by atoms with E-state index in [2.05, 4.69) is 39.2 Å².